The third kappa shape index (κ3) is 4.25. The second-order valence-electron chi connectivity index (χ2n) is 7.37. The Labute approximate surface area is 158 Å². The van der Waals surface area contributed by atoms with Gasteiger partial charge in [-0.2, -0.15) is 0 Å². The number of hydrogen-bond donors (Lipinski definition) is 1. The molecule has 0 bridgehead atoms. The highest BCUT2D eigenvalue weighted by Crippen LogP contribution is 2.36. The highest BCUT2D eigenvalue weighted by atomic mass is 19.1. The molecular weight excluding hydrogens is 346 g/mol. The molecule has 0 radical (unpaired) electrons. The summed E-state index contributed by atoms with van der Waals surface area (Å²) in [5.74, 6) is -0.907. The average molecular weight is 370 g/mol. The summed E-state index contributed by atoms with van der Waals surface area (Å²) < 4.78 is 27.9. The molecule has 0 fully saturated rings. The molecule has 2 atom stereocenters. The van der Waals surface area contributed by atoms with Crippen molar-refractivity contribution >= 4 is 11.5 Å². The minimum Gasteiger partial charge on any atom is -0.326 e. The molecule has 1 aliphatic rings. The standard InChI is InChI=1S/C22H24F2N2O/c1-14(2)10-20(25)22(27)26-13-16(18-12-17(23)8-9-19(18)24)11-21(26)15-6-4-3-5-7-15/h3-9,11-12,14,20-21H,10,13,25H2,1-2H3. The van der Waals surface area contributed by atoms with Gasteiger partial charge in [-0.1, -0.05) is 50.3 Å². The van der Waals surface area contributed by atoms with Gasteiger partial charge in [-0.05, 0) is 41.7 Å². The number of rotatable bonds is 5. The quantitative estimate of drug-likeness (QED) is 0.853. The van der Waals surface area contributed by atoms with Crippen LogP contribution in [0.3, 0.4) is 0 Å². The minimum atomic E-state index is -0.624. The second-order valence-corrected chi connectivity index (χ2v) is 7.37. The molecule has 5 heteroatoms. The van der Waals surface area contributed by atoms with Crippen molar-refractivity contribution in [2.45, 2.75) is 32.4 Å². The summed E-state index contributed by atoms with van der Waals surface area (Å²) >= 11 is 0. The molecule has 0 aromatic heterocycles. The first-order valence-electron chi connectivity index (χ1n) is 9.14. The van der Waals surface area contributed by atoms with E-state index < -0.39 is 17.7 Å². The van der Waals surface area contributed by atoms with Crippen LogP contribution in [0.2, 0.25) is 0 Å². The number of amides is 1. The molecule has 0 aliphatic carbocycles. The molecule has 3 nitrogen and oxygen atoms in total. The predicted octanol–water partition coefficient (Wildman–Crippen LogP) is 4.31. The lowest BCUT2D eigenvalue weighted by Crippen LogP contribution is -2.44. The van der Waals surface area contributed by atoms with Gasteiger partial charge in [-0.15, -0.1) is 0 Å². The molecule has 2 unspecified atom stereocenters. The molecule has 142 valence electrons. The molecule has 3 rings (SSSR count). The van der Waals surface area contributed by atoms with Crippen LogP contribution in [-0.2, 0) is 4.79 Å². The van der Waals surface area contributed by atoms with Crippen LogP contribution in [0, 0.1) is 17.6 Å². The van der Waals surface area contributed by atoms with E-state index in [1.165, 1.54) is 6.07 Å². The van der Waals surface area contributed by atoms with Gasteiger partial charge in [0.1, 0.15) is 11.6 Å². The van der Waals surface area contributed by atoms with E-state index in [0.29, 0.717) is 12.0 Å². The van der Waals surface area contributed by atoms with Gasteiger partial charge < -0.3 is 10.6 Å². The van der Waals surface area contributed by atoms with Crippen LogP contribution in [-0.4, -0.2) is 23.4 Å². The third-order valence-electron chi connectivity index (χ3n) is 4.78. The number of carbonyl (C=O) groups excluding carboxylic acids is 1. The Morgan fingerprint density at radius 1 is 1.19 bits per heavy atom. The molecule has 2 N–H and O–H groups in total. The third-order valence-corrected chi connectivity index (χ3v) is 4.78. The van der Waals surface area contributed by atoms with Crippen molar-refractivity contribution in [2.24, 2.45) is 11.7 Å². The predicted molar refractivity (Wildman–Crippen MR) is 103 cm³/mol. The number of hydrogen-bond acceptors (Lipinski definition) is 2. The Kier molecular flexibility index (Phi) is 5.71. The lowest BCUT2D eigenvalue weighted by Gasteiger charge is -2.28. The molecule has 2 aromatic rings. The van der Waals surface area contributed by atoms with Gasteiger partial charge in [0, 0.05) is 12.1 Å². The van der Waals surface area contributed by atoms with Crippen LogP contribution in [0.1, 0.15) is 37.4 Å². The first-order valence-corrected chi connectivity index (χ1v) is 9.14. The van der Waals surface area contributed by atoms with Gasteiger partial charge in [-0.3, -0.25) is 4.79 Å². The summed E-state index contributed by atoms with van der Waals surface area (Å²) in [5.41, 5.74) is 7.81. The summed E-state index contributed by atoms with van der Waals surface area (Å²) in [6.07, 6.45) is 2.40. The van der Waals surface area contributed by atoms with E-state index in [1.807, 2.05) is 50.3 Å². The minimum absolute atomic E-state index is 0.180. The molecular formula is C22H24F2N2O. The van der Waals surface area contributed by atoms with E-state index in [4.69, 9.17) is 5.73 Å². The van der Waals surface area contributed by atoms with Crippen molar-refractivity contribution in [3.05, 3.63) is 77.4 Å². The Morgan fingerprint density at radius 3 is 2.56 bits per heavy atom. The maximum absolute atomic E-state index is 14.3. The van der Waals surface area contributed by atoms with E-state index >= 15 is 0 Å². The Hall–Kier alpha value is -2.53. The number of halogens is 2. The van der Waals surface area contributed by atoms with Crippen molar-refractivity contribution in [3.8, 4) is 0 Å². The average Bonchev–Trinajstić information content (AvgIpc) is 3.08. The molecule has 1 aliphatic heterocycles. The van der Waals surface area contributed by atoms with Gasteiger partial charge in [0.15, 0.2) is 0 Å². The largest absolute Gasteiger partial charge is 0.326 e. The summed E-state index contributed by atoms with van der Waals surface area (Å²) in [6, 6.07) is 11.9. The van der Waals surface area contributed by atoms with Gasteiger partial charge in [0.05, 0.1) is 12.1 Å². The molecule has 0 saturated carbocycles. The Morgan fingerprint density at radius 2 is 1.89 bits per heavy atom. The van der Waals surface area contributed by atoms with Crippen LogP contribution in [0.15, 0.2) is 54.6 Å². The van der Waals surface area contributed by atoms with Crippen molar-refractivity contribution in [2.75, 3.05) is 6.54 Å². The number of nitrogens with zero attached hydrogens (tertiary/aromatic N) is 1. The lowest BCUT2D eigenvalue weighted by molar-refractivity contribution is -0.133. The van der Waals surface area contributed by atoms with Crippen molar-refractivity contribution in [3.63, 3.8) is 0 Å². The van der Waals surface area contributed by atoms with E-state index in [0.717, 1.165) is 17.7 Å². The summed E-state index contributed by atoms with van der Waals surface area (Å²) in [4.78, 5) is 14.6. The lowest BCUT2D eigenvalue weighted by atomic mass is 10.0. The van der Waals surface area contributed by atoms with Crippen molar-refractivity contribution < 1.29 is 13.6 Å². The fourth-order valence-corrected chi connectivity index (χ4v) is 3.50. The molecule has 0 saturated heterocycles. The van der Waals surface area contributed by atoms with Crippen LogP contribution in [0.4, 0.5) is 8.78 Å². The van der Waals surface area contributed by atoms with Gasteiger partial charge in [0.25, 0.3) is 0 Å². The number of carbonyl (C=O) groups is 1. The summed E-state index contributed by atoms with van der Waals surface area (Å²) in [5, 5.41) is 0. The monoisotopic (exact) mass is 370 g/mol. The molecule has 1 heterocycles. The van der Waals surface area contributed by atoms with E-state index in [2.05, 4.69) is 0 Å². The zero-order chi connectivity index (χ0) is 19.6. The van der Waals surface area contributed by atoms with Crippen LogP contribution in [0.25, 0.3) is 5.57 Å². The first kappa shape index (κ1) is 19.2. The van der Waals surface area contributed by atoms with Crippen LogP contribution >= 0.6 is 0 Å². The van der Waals surface area contributed by atoms with E-state index in [1.54, 1.807) is 4.90 Å². The normalized spacial score (nSPS) is 17.9. The fourth-order valence-electron chi connectivity index (χ4n) is 3.50. The highest BCUT2D eigenvalue weighted by Gasteiger charge is 2.34. The van der Waals surface area contributed by atoms with E-state index in [9.17, 15) is 13.6 Å². The summed E-state index contributed by atoms with van der Waals surface area (Å²) in [6.45, 7) is 4.22. The number of benzene rings is 2. The number of nitrogens with two attached hydrogens (primary N) is 1. The van der Waals surface area contributed by atoms with E-state index in [-0.39, 0.29) is 30.0 Å². The molecule has 1 amide bonds. The zero-order valence-electron chi connectivity index (χ0n) is 15.5. The topological polar surface area (TPSA) is 46.3 Å². The van der Waals surface area contributed by atoms with Gasteiger partial charge in [-0.25, -0.2) is 8.78 Å². The van der Waals surface area contributed by atoms with Crippen molar-refractivity contribution in [1.29, 1.82) is 0 Å². The summed E-state index contributed by atoms with van der Waals surface area (Å²) in [7, 11) is 0. The Balaban J connectivity index is 1.97. The van der Waals surface area contributed by atoms with Crippen LogP contribution in [0.5, 0.6) is 0 Å². The van der Waals surface area contributed by atoms with Crippen molar-refractivity contribution in [1.82, 2.24) is 4.90 Å². The van der Waals surface area contributed by atoms with Crippen LogP contribution < -0.4 is 5.73 Å². The maximum Gasteiger partial charge on any atom is 0.240 e. The second kappa shape index (κ2) is 8.01. The SMILES string of the molecule is CC(C)CC(N)C(=O)N1CC(c2cc(F)ccc2F)=CC1c1ccccc1. The smallest absolute Gasteiger partial charge is 0.240 e. The Bertz CT molecular complexity index is 849. The van der Waals surface area contributed by atoms with Gasteiger partial charge in [0.2, 0.25) is 5.91 Å². The first-order chi connectivity index (χ1) is 12.9. The zero-order valence-corrected chi connectivity index (χ0v) is 15.5. The van der Waals surface area contributed by atoms with Gasteiger partial charge >= 0.3 is 0 Å². The molecule has 2 aromatic carbocycles. The highest BCUT2D eigenvalue weighted by molar-refractivity contribution is 5.86. The fraction of sp³-hybridized carbons (Fsp3) is 0.318. The maximum atomic E-state index is 14.3. The molecule has 27 heavy (non-hydrogen) atoms. The molecule has 0 spiro atoms.